The first kappa shape index (κ1) is 20.0. The number of benzene rings is 2. The smallest absolute Gasteiger partial charge is 0.256 e. The lowest BCUT2D eigenvalue weighted by molar-refractivity contribution is -0.116. The second-order valence-electron chi connectivity index (χ2n) is 7.76. The van der Waals surface area contributed by atoms with E-state index >= 15 is 0 Å². The molecule has 1 atom stereocenters. The maximum absolute atomic E-state index is 13.5. The van der Waals surface area contributed by atoms with Crippen LogP contribution in [-0.2, 0) is 9.59 Å². The van der Waals surface area contributed by atoms with E-state index in [1.165, 1.54) is 11.3 Å². The number of hydrogen-bond donors (Lipinski definition) is 2. The summed E-state index contributed by atoms with van der Waals surface area (Å²) in [7, 11) is 0. The number of Topliss-reactive ketones (excluding diaryl/α,β-unsaturated/α-hetero) is 1. The second-order valence-corrected chi connectivity index (χ2v) is 9.23. The van der Waals surface area contributed by atoms with Crippen molar-refractivity contribution in [3.63, 3.8) is 0 Å². The highest BCUT2D eigenvalue weighted by Gasteiger charge is 2.38. The van der Waals surface area contributed by atoms with Crippen LogP contribution in [0.25, 0.3) is 10.2 Å². The molecule has 0 saturated heterocycles. The molecule has 0 saturated carbocycles. The largest absolute Gasteiger partial charge is 0.362 e. The summed E-state index contributed by atoms with van der Waals surface area (Å²) in [6.07, 6.45) is 2.12. The quantitative estimate of drug-likeness (QED) is 0.549. The van der Waals surface area contributed by atoms with E-state index in [-0.39, 0.29) is 11.7 Å². The van der Waals surface area contributed by atoms with Gasteiger partial charge in [0, 0.05) is 39.9 Å². The number of carbonyl (C=O) groups is 2. The van der Waals surface area contributed by atoms with Gasteiger partial charge in [-0.1, -0.05) is 47.2 Å². The van der Waals surface area contributed by atoms with Crippen LogP contribution in [0.5, 0.6) is 0 Å². The number of allylic oxidation sites excluding steroid dienone is 3. The van der Waals surface area contributed by atoms with Gasteiger partial charge in [-0.15, -0.1) is 0 Å². The number of hydrogen-bond acceptors (Lipinski definition) is 5. The summed E-state index contributed by atoms with van der Waals surface area (Å²) < 4.78 is 1.01. The van der Waals surface area contributed by atoms with Crippen LogP contribution in [0, 0.1) is 0 Å². The van der Waals surface area contributed by atoms with Crippen LogP contribution in [0.1, 0.15) is 37.7 Å². The fraction of sp³-hybridized carbons (Fsp3) is 0.208. The van der Waals surface area contributed by atoms with E-state index in [0.717, 1.165) is 40.0 Å². The van der Waals surface area contributed by atoms with Gasteiger partial charge in [-0.25, -0.2) is 4.98 Å². The Morgan fingerprint density at radius 2 is 1.94 bits per heavy atom. The summed E-state index contributed by atoms with van der Waals surface area (Å²) in [5.41, 5.74) is 4.63. The molecular formula is C24H20ClN3O2S. The normalized spacial score (nSPS) is 18.8. The van der Waals surface area contributed by atoms with Crippen molar-refractivity contribution in [1.29, 1.82) is 0 Å². The lowest BCUT2D eigenvalue weighted by Crippen LogP contribution is -2.35. The molecular weight excluding hydrogens is 430 g/mol. The number of rotatable bonds is 3. The molecule has 0 spiro atoms. The van der Waals surface area contributed by atoms with Gasteiger partial charge in [0.2, 0.25) is 0 Å². The fourth-order valence-electron chi connectivity index (χ4n) is 4.36. The van der Waals surface area contributed by atoms with Crippen LogP contribution in [-0.4, -0.2) is 16.7 Å². The molecule has 0 bridgehead atoms. The molecule has 0 radical (unpaired) electrons. The van der Waals surface area contributed by atoms with Crippen LogP contribution in [0.2, 0.25) is 5.02 Å². The molecule has 5 nitrogen and oxygen atoms in total. The molecule has 1 aliphatic carbocycles. The molecule has 2 heterocycles. The lowest BCUT2D eigenvalue weighted by atomic mass is 9.75. The second kappa shape index (κ2) is 7.94. The summed E-state index contributed by atoms with van der Waals surface area (Å²) in [4.78, 5) is 31.0. The standard InChI is InChI=1S/C24H20ClN3O2S/c1-13-20(23(30)28-24-27-16-5-2-3-8-19(16)31-24)21(14-9-11-15(25)12-10-14)22-17(26-13)6-4-7-18(22)29/h2-3,5,8-12,21,26H,4,6-7H2,1H3,(H,27,28,30)/t21-/m1/s1. The maximum atomic E-state index is 13.5. The third kappa shape index (κ3) is 3.66. The van der Waals surface area contributed by atoms with E-state index in [4.69, 9.17) is 11.6 Å². The third-order valence-corrected chi connectivity index (χ3v) is 6.94. The van der Waals surface area contributed by atoms with Gasteiger partial charge in [0.1, 0.15) is 0 Å². The van der Waals surface area contributed by atoms with E-state index in [1.807, 2.05) is 43.3 Å². The fourth-order valence-corrected chi connectivity index (χ4v) is 5.35. The molecule has 1 amide bonds. The summed E-state index contributed by atoms with van der Waals surface area (Å²) in [6.45, 7) is 1.89. The summed E-state index contributed by atoms with van der Waals surface area (Å²) in [5.74, 6) is -0.601. The number of aromatic nitrogens is 1. The van der Waals surface area contributed by atoms with Crippen molar-refractivity contribution in [2.24, 2.45) is 0 Å². The molecule has 0 fully saturated rings. The van der Waals surface area contributed by atoms with Crippen LogP contribution < -0.4 is 10.6 Å². The molecule has 5 rings (SSSR count). The highest BCUT2D eigenvalue weighted by molar-refractivity contribution is 7.22. The van der Waals surface area contributed by atoms with E-state index in [2.05, 4.69) is 15.6 Å². The highest BCUT2D eigenvalue weighted by atomic mass is 35.5. The number of thiazole rings is 1. The number of halogens is 1. The van der Waals surface area contributed by atoms with Crippen LogP contribution in [0.3, 0.4) is 0 Å². The van der Waals surface area contributed by atoms with Crippen LogP contribution >= 0.6 is 22.9 Å². The highest BCUT2D eigenvalue weighted by Crippen LogP contribution is 2.42. The first-order valence-electron chi connectivity index (χ1n) is 10.2. The molecule has 2 aliphatic rings. The predicted molar refractivity (Wildman–Crippen MR) is 124 cm³/mol. The minimum absolute atomic E-state index is 0.0893. The Labute approximate surface area is 188 Å². The SMILES string of the molecule is CC1=C(C(=O)Nc2nc3ccccc3s2)[C@@H](c2ccc(Cl)cc2)C2=C(CCCC2=O)N1. The van der Waals surface area contributed by atoms with Crippen molar-refractivity contribution >= 4 is 50.0 Å². The van der Waals surface area contributed by atoms with Gasteiger partial charge < -0.3 is 5.32 Å². The first-order chi connectivity index (χ1) is 15.0. The number of ketones is 1. The Hall–Kier alpha value is -2.96. The van der Waals surface area contributed by atoms with Gasteiger partial charge in [0.25, 0.3) is 5.91 Å². The van der Waals surface area contributed by atoms with E-state index in [9.17, 15) is 9.59 Å². The zero-order valence-corrected chi connectivity index (χ0v) is 18.4. The van der Waals surface area contributed by atoms with Crippen molar-refractivity contribution in [3.8, 4) is 0 Å². The topological polar surface area (TPSA) is 71.1 Å². The van der Waals surface area contributed by atoms with Crippen molar-refractivity contribution in [1.82, 2.24) is 10.3 Å². The number of fused-ring (bicyclic) bond motifs is 1. The van der Waals surface area contributed by atoms with E-state index in [1.54, 1.807) is 12.1 Å². The van der Waals surface area contributed by atoms with Gasteiger partial charge in [-0.2, -0.15) is 0 Å². The Kier molecular flexibility index (Phi) is 5.12. The first-order valence-corrected chi connectivity index (χ1v) is 11.4. The Bertz CT molecular complexity index is 1240. The van der Waals surface area contributed by atoms with Crippen molar-refractivity contribution < 1.29 is 9.59 Å². The van der Waals surface area contributed by atoms with E-state index in [0.29, 0.717) is 27.7 Å². The predicted octanol–water partition coefficient (Wildman–Crippen LogP) is 5.56. The monoisotopic (exact) mass is 449 g/mol. The molecule has 1 aliphatic heterocycles. The molecule has 1 aromatic heterocycles. The minimum Gasteiger partial charge on any atom is -0.362 e. The Morgan fingerprint density at radius 1 is 1.16 bits per heavy atom. The lowest BCUT2D eigenvalue weighted by Gasteiger charge is -2.34. The molecule has 0 unspecified atom stereocenters. The van der Waals surface area contributed by atoms with Gasteiger partial charge in [-0.05, 0) is 49.6 Å². The molecule has 2 aromatic carbocycles. The van der Waals surface area contributed by atoms with Crippen molar-refractivity contribution in [2.45, 2.75) is 32.1 Å². The number of amides is 1. The molecule has 2 N–H and O–H groups in total. The average Bonchev–Trinajstić information content (AvgIpc) is 3.15. The van der Waals surface area contributed by atoms with Gasteiger partial charge >= 0.3 is 0 Å². The van der Waals surface area contributed by atoms with Crippen LogP contribution in [0.4, 0.5) is 5.13 Å². The number of nitrogens with one attached hydrogen (secondary N) is 2. The maximum Gasteiger partial charge on any atom is 0.256 e. The summed E-state index contributed by atoms with van der Waals surface area (Å²) >= 11 is 7.53. The molecule has 7 heteroatoms. The van der Waals surface area contributed by atoms with Crippen LogP contribution in [0.15, 0.2) is 71.1 Å². The zero-order chi connectivity index (χ0) is 21.5. The third-order valence-electron chi connectivity index (χ3n) is 5.74. The molecule has 31 heavy (non-hydrogen) atoms. The Balaban J connectivity index is 1.56. The number of para-hydroxylation sites is 1. The van der Waals surface area contributed by atoms with Crippen molar-refractivity contribution in [3.05, 3.63) is 81.7 Å². The molecule has 156 valence electrons. The van der Waals surface area contributed by atoms with Gasteiger partial charge in [-0.3, -0.25) is 14.9 Å². The summed E-state index contributed by atoms with van der Waals surface area (Å²) in [6, 6.07) is 15.1. The van der Waals surface area contributed by atoms with E-state index < -0.39 is 5.92 Å². The number of nitrogens with zero attached hydrogens (tertiary/aromatic N) is 1. The van der Waals surface area contributed by atoms with Crippen molar-refractivity contribution in [2.75, 3.05) is 5.32 Å². The number of carbonyl (C=O) groups excluding carboxylic acids is 2. The van der Waals surface area contributed by atoms with Gasteiger partial charge in [0.15, 0.2) is 10.9 Å². The zero-order valence-electron chi connectivity index (χ0n) is 16.9. The number of dihydropyridines is 1. The summed E-state index contributed by atoms with van der Waals surface area (Å²) in [5, 5.41) is 7.45. The minimum atomic E-state index is -0.435. The molecule has 3 aromatic rings. The van der Waals surface area contributed by atoms with Gasteiger partial charge in [0.05, 0.1) is 10.2 Å². The number of anilines is 1. The average molecular weight is 450 g/mol. The Morgan fingerprint density at radius 3 is 2.71 bits per heavy atom.